The fraction of sp³-hybridized carbons (Fsp3) is 0.353. The van der Waals surface area contributed by atoms with Gasteiger partial charge in [-0.2, -0.15) is 0 Å². The molecule has 1 saturated heterocycles. The average Bonchev–Trinajstić information content (AvgIpc) is 3.32. The highest BCUT2D eigenvalue weighted by molar-refractivity contribution is 6.11. The van der Waals surface area contributed by atoms with Gasteiger partial charge in [0.2, 0.25) is 0 Å². The Labute approximate surface area is 275 Å². The monoisotopic (exact) mass is 670 g/mol. The number of carbonyl (C=O) groups excluding carboxylic acids is 4. The van der Waals surface area contributed by atoms with Crippen molar-refractivity contribution in [1.29, 1.82) is 0 Å². The van der Waals surface area contributed by atoms with Crippen molar-refractivity contribution in [1.82, 2.24) is 10.2 Å². The summed E-state index contributed by atoms with van der Waals surface area (Å²) in [5.41, 5.74) is 1.19. The normalized spacial score (nSPS) is 14.5. The largest absolute Gasteiger partial charge is 0.467 e. The molecular formula is C34H36F2N2O10. The van der Waals surface area contributed by atoms with Crippen molar-refractivity contribution < 1.29 is 56.7 Å². The van der Waals surface area contributed by atoms with Crippen molar-refractivity contribution >= 4 is 23.8 Å². The summed E-state index contributed by atoms with van der Waals surface area (Å²) in [5.74, 6) is -4.47. The summed E-state index contributed by atoms with van der Waals surface area (Å²) in [4.78, 5) is 62.4. The smallest absolute Gasteiger partial charge is 0.453 e. The molecule has 1 fully saturated rings. The summed E-state index contributed by atoms with van der Waals surface area (Å²) in [5, 5.41) is 2.97. The van der Waals surface area contributed by atoms with E-state index in [-0.39, 0.29) is 49.0 Å². The van der Waals surface area contributed by atoms with Crippen LogP contribution in [0.1, 0.15) is 67.0 Å². The van der Waals surface area contributed by atoms with Crippen LogP contribution < -0.4 is 14.8 Å². The molecule has 0 radical (unpaired) electrons. The number of hydrogen-bond donors (Lipinski definition) is 1. The fourth-order valence-electron chi connectivity index (χ4n) is 5.18. The standard InChI is InChI=1S/C34H36F2N2O10/c1-20-15-24(16-21(2)31(20)46-19-44-4)32(40)37-25-7-5-6-14-38(17-25)34(42)48-47-33(41)23-10-8-22(9-11-23)30(39)28-27(45-18-43-3)13-12-26(35)29(28)36/h8-13,15-16,25H,5-7,14,17-19H2,1-4H3,(H,37,40). The van der Waals surface area contributed by atoms with Gasteiger partial charge in [0.15, 0.2) is 31.0 Å². The van der Waals surface area contributed by atoms with Gasteiger partial charge in [0, 0.05) is 44.5 Å². The molecule has 0 saturated carbocycles. The number of likely N-dealkylation sites (tertiary alicyclic amines) is 1. The molecule has 14 heteroatoms. The Morgan fingerprint density at radius 3 is 2.15 bits per heavy atom. The second-order valence-corrected chi connectivity index (χ2v) is 11.0. The van der Waals surface area contributed by atoms with E-state index in [9.17, 15) is 28.0 Å². The molecule has 0 spiro atoms. The van der Waals surface area contributed by atoms with Crippen LogP contribution in [-0.4, -0.2) is 75.6 Å². The maximum atomic E-state index is 14.6. The van der Waals surface area contributed by atoms with Gasteiger partial charge >= 0.3 is 12.1 Å². The Bertz CT molecular complexity index is 1620. The van der Waals surface area contributed by atoms with E-state index < -0.39 is 35.0 Å². The van der Waals surface area contributed by atoms with Gasteiger partial charge in [-0.15, -0.1) is 0 Å². The lowest BCUT2D eigenvalue weighted by Crippen LogP contribution is -2.45. The molecule has 256 valence electrons. The minimum atomic E-state index is -1.40. The molecule has 3 aromatic rings. The lowest BCUT2D eigenvalue weighted by Gasteiger charge is -2.24. The van der Waals surface area contributed by atoms with Gasteiger partial charge in [0.1, 0.15) is 17.1 Å². The molecule has 0 aromatic heterocycles. The Hall–Kier alpha value is -5.08. The number of halogens is 2. The van der Waals surface area contributed by atoms with Gasteiger partial charge < -0.3 is 29.2 Å². The van der Waals surface area contributed by atoms with Crippen LogP contribution in [-0.2, 0) is 19.2 Å². The minimum Gasteiger partial charge on any atom is -0.467 e. The summed E-state index contributed by atoms with van der Waals surface area (Å²) in [6.07, 6.45) is 1.07. The third kappa shape index (κ3) is 8.83. The van der Waals surface area contributed by atoms with Crippen molar-refractivity contribution in [2.24, 2.45) is 0 Å². The number of nitrogens with zero attached hydrogens (tertiary/aromatic N) is 1. The van der Waals surface area contributed by atoms with Gasteiger partial charge in [0.25, 0.3) is 5.91 Å². The number of ketones is 1. The van der Waals surface area contributed by atoms with Crippen molar-refractivity contribution in [3.8, 4) is 11.5 Å². The van der Waals surface area contributed by atoms with Gasteiger partial charge in [-0.3, -0.25) is 9.59 Å². The number of rotatable bonds is 11. The van der Waals surface area contributed by atoms with E-state index in [4.69, 9.17) is 28.7 Å². The Morgan fingerprint density at radius 2 is 1.48 bits per heavy atom. The van der Waals surface area contributed by atoms with E-state index in [0.29, 0.717) is 30.7 Å². The predicted molar refractivity (Wildman–Crippen MR) is 166 cm³/mol. The Morgan fingerprint density at radius 1 is 0.833 bits per heavy atom. The predicted octanol–water partition coefficient (Wildman–Crippen LogP) is 5.27. The second kappa shape index (κ2) is 16.7. The van der Waals surface area contributed by atoms with E-state index in [1.54, 1.807) is 12.1 Å². The van der Waals surface area contributed by atoms with E-state index in [0.717, 1.165) is 29.7 Å². The fourth-order valence-corrected chi connectivity index (χ4v) is 5.18. The molecule has 1 aliphatic heterocycles. The van der Waals surface area contributed by atoms with E-state index >= 15 is 0 Å². The maximum Gasteiger partial charge on any atom is 0.453 e. The molecule has 12 nitrogen and oxygen atoms in total. The number of amides is 2. The molecule has 0 bridgehead atoms. The third-order valence-corrected chi connectivity index (χ3v) is 7.50. The zero-order chi connectivity index (χ0) is 34.8. The van der Waals surface area contributed by atoms with Crippen LogP contribution in [0.3, 0.4) is 0 Å². The highest BCUT2D eigenvalue weighted by atomic mass is 19.2. The van der Waals surface area contributed by atoms with Gasteiger partial charge in [-0.25, -0.2) is 28.1 Å². The first kappa shape index (κ1) is 35.8. The van der Waals surface area contributed by atoms with E-state index in [2.05, 4.69) is 5.32 Å². The number of hydrogen-bond acceptors (Lipinski definition) is 10. The topological polar surface area (TPSA) is 139 Å². The van der Waals surface area contributed by atoms with Gasteiger partial charge in [0.05, 0.1) is 5.56 Å². The molecular weight excluding hydrogens is 634 g/mol. The number of aryl methyl sites for hydroxylation is 2. The Balaban J connectivity index is 1.34. The summed E-state index contributed by atoms with van der Waals surface area (Å²) < 4.78 is 49.0. The number of ether oxygens (including phenoxy) is 4. The van der Waals surface area contributed by atoms with Crippen LogP contribution >= 0.6 is 0 Å². The zero-order valence-electron chi connectivity index (χ0n) is 26.9. The van der Waals surface area contributed by atoms with Gasteiger partial charge in [-0.05, 0) is 80.6 Å². The van der Waals surface area contributed by atoms with Crippen LogP contribution in [0.5, 0.6) is 11.5 Å². The number of nitrogens with one attached hydrogen (secondary N) is 1. The first-order valence-electron chi connectivity index (χ1n) is 15.0. The average molecular weight is 671 g/mol. The molecule has 2 amide bonds. The highest BCUT2D eigenvalue weighted by Gasteiger charge is 2.27. The lowest BCUT2D eigenvalue weighted by atomic mass is 10.0. The minimum absolute atomic E-state index is 0.0753. The van der Waals surface area contributed by atoms with Crippen LogP contribution in [0.15, 0.2) is 48.5 Å². The first-order valence-corrected chi connectivity index (χ1v) is 15.0. The van der Waals surface area contributed by atoms with E-state index in [1.807, 2.05) is 13.8 Å². The number of carbonyl (C=O) groups is 4. The van der Waals surface area contributed by atoms with Crippen LogP contribution in [0.25, 0.3) is 0 Å². The van der Waals surface area contributed by atoms with Gasteiger partial charge in [-0.1, -0.05) is 12.1 Å². The molecule has 48 heavy (non-hydrogen) atoms. The molecule has 1 N–H and O–H groups in total. The number of benzene rings is 3. The van der Waals surface area contributed by atoms with E-state index in [1.165, 1.54) is 43.4 Å². The third-order valence-electron chi connectivity index (χ3n) is 7.50. The summed E-state index contributed by atoms with van der Waals surface area (Å²) in [6, 6.07) is 9.78. The molecule has 1 heterocycles. The molecule has 0 aliphatic carbocycles. The quantitative estimate of drug-likeness (QED) is 0.124. The highest BCUT2D eigenvalue weighted by Crippen LogP contribution is 2.28. The van der Waals surface area contributed by atoms with Crippen molar-refractivity contribution in [3.05, 3.63) is 93.5 Å². The van der Waals surface area contributed by atoms with Crippen molar-refractivity contribution in [3.63, 3.8) is 0 Å². The summed E-state index contributed by atoms with van der Waals surface area (Å²) >= 11 is 0. The second-order valence-electron chi connectivity index (χ2n) is 11.0. The molecule has 4 rings (SSSR count). The summed E-state index contributed by atoms with van der Waals surface area (Å²) in [7, 11) is 2.84. The number of methoxy groups -OCH3 is 2. The summed E-state index contributed by atoms with van der Waals surface area (Å²) in [6.45, 7) is 3.88. The SMILES string of the molecule is COCOc1ccc(F)c(F)c1C(=O)c1ccc(C(=O)OOC(=O)N2CCCCC(NC(=O)c3cc(C)c(OCOC)c(C)c3)C2)cc1. The molecule has 1 unspecified atom stereocenters. The lowest BCUT2D eigenvalue weighted by molar-refractivity contribution is -0.192. The molecule has 3 aromatic carbocycles. The van der Waals surface area contributed by atoms with Crippen molar-refractivity contribution in [2.75, 3.05) is 40.9 Å². The van der Waals surface area contributed by atoms with Crippen molar-refractivity contribution in [2.45, 2.75) is 39.2 Å². The van der Waals surface area contributed by atoms with Crippen LogP contribution in [0, 0.1) is 25.5 Å². The van der Waals surface area contributed by atoms with Crippen LogP contribution in [0.2, 0.25) is 0 Å². The first-order chi connectivity index (χ1) is 23.0. The molecule has 1 atom stereocenters. The van der Waals surface area contributed by atoms with Crippen LogP contribution in [0.4, 0.5) is 13.6 Å². The maximum absolute atomic E-state index is 14.6. The Kier molecular flexibility index (Phi) is 12.4. The zero-order valence-corrected chi connectivity index (χ0v) is 26.9. The molecule has 1 aliphatic rings.